The van der Waals surface area contributed by atoms with Gasteiger partial charge in [0.05, 0.1) is 11.6 Å². The van der Waals surface area contributed by atoms with Gasteiger partial charge < -0.3 is 0 Å². The SMILES string of the molecule is C.CC1=NN(c2ccccc2)C(=O)C1CCS. The van der Waals surface area contributed by atoms with Gasteiger partial charge in [-0.3, -0.25) is 4.79 Å². The summed E-state index contributed by atoms with van der Waals surface area (Å²) >= 11 is 4.17. The molecule has 0 aromatic heterocycles. The molecule has 0 saturated carbocycles. The van der Waals surface area contributed by atoms with Gasteiger partial charge >= 0.3 is 0 Å². The van der Waals surface area contributed by atoms with Gasteiger partial charge in [0, 0.05) is 5.71 Å². The number of para-hydroxylation sites is 1. The Kier molecular flexibility index (Phi) is 4.75. The predicted octanol–water partition coefficient (Wildman–Crippen LogP) is 2.98. The predicted molar refractivity (Wildman–Crippen MR) is 75.7 cm³/mol. The second-order valence-electron chi connectivity index (χ2n) is 3.79. The number of carbonyl (C=O) groups is 1. The van der Waals surface area contributed by atoms with E-state index < -0.39 is 0 Å². The molecule has 0 bridgehead atoms. The molecule has 17 heavy (non-hydrogen) atoms. The summed E-state index contributed by atoms with van der Waals surface area (Å²) in [6, 6.07) is 9.50. The molecule has 1 aromatic rings. The Balaban J connectivity index is 0.00000144. The zero-order valence-corrected chi connectivity index (χ0v) is 10.0. The molecular formula is C13H18N2OS. The molecule has 2 rings (SSSR count). The molecule has 3 nitrogen and oxygen atoms in total. The molecule has 0 radical (unpaired) electrons. The summed E-state index contributed by atoms with van der Waals surface area (Å²) < 4.78 is 0. The van der Waals surface area contributed by atoms with E-state index in [2.05, 4.69) is 17.7 Å². The van der Waals surface area contributed by atoms with Crippen LogP contribution >= 0.6 is 12.6 Å². The van der Waals surface area contributed by atoms with Crippen molar-refractivity contribution in [2.75, 3.05) is 10.8 Å². The fourth-order valence-electron chi connectivity index (χ4n) is 1.82. The van der Waals surface area contributed by atoms with Crippen LogP contribution in [0.4, 0.5) is 5.69 Å². The van der Waals surface area contributed by atoms with Crippen molar-refractivity contribution in [2.45, 2.75) is 20.8 Å². The zero-order chi connectivity index (χ0) is 11.5. The molecule has 1 aliphatic heterocycles. The number of anilines is 1. The molecule has 1 heterocycles. The Labute approximate surface area is 108 Å². The molecule has 0 fully saturated rings. The summed E-state index contributed by atoms with van der Waals surface area (Å²) in [7, 11) is 0. The van der Waals surface area contributed by atoms with Gasteiger partial charge in [-0.05, 0) is 31.2 Å². The molecule has 0 spiro atoms. The number of amides is 1. The van der Waals surface area contributed by atoms with E-state index in [1.807, 2.05) is 37.3 Å². The van der Waals surface area contributed by atoms with Crippen molar-refractivity contribution in [1.82, 2.24) is 0 Å². The average molecular weight is 250 g/mol. The van der Waals surface area contributed by atoms with E-state index in [9.17, 15) is 4.79 Å². The highest BCUT2D eigenvalue weighted by molar-refractivity contribution is 7.80. The van der Waals surface area contributed by atoms with Crippen molar-refractivity contribution in [3.8, 4) is 0 Å². The van der Waals surface area contributed by atoms with Crippen LogP contribution in [0.15, 0.2) is 35.4 Å². The van der Waals surface area contributed by atoms with E-state index in [1.54, 1.807) is 0 Å². The minimum atomic E-state index is -0.0993. The Morgan fingerprint density at radius 2 is 2.00 bits per heavy atom. The second kappa shape index (κ2) is 5.87. The summed E-state index contributed by atoms with van der Waals surface area (Å²) in [6.45, 7) is 1.90. The second-order valence-corrected chi connectivity index (χ2v) is 4.24. The van der Waals surface area contributed by atoms with E-state index in [0.29, 0.717) is 5.75 Å². The molecule has 0 N–H and O–H groups in total. The molecule has 0 aliphatic carbocycles. The highest BCUT2D eigenvalue weighted by Crippen LogP contribution is 2.25. The minimum absolute atomic E-state index is 0. The fourth-order valence-corrected chi connectivity index (χ4v) is 2.08. The normalized spacial score (nSPS) is 18.9. The number of rotatable bonds is 3. The smallest absolute Gasteiger partial charge is 0.256 e. The van der Waals surface area contributed by atoms with Crippen LogP contribution in [0.3, 0.4) is 0 Å². The zero-order valence-electron chi connectivity index (χ0n) is 9.13. The molecule has 1 aromatic carbocycles. The maximum atomic E-state index is 12.1. The summed E-state index contributed by atoms with van der Waals surface area (Å²) in [5, 5.41) is 5.80. The summed E-state index contributed by atoms with van der Waals surface area (Å²) in [5.41, 5.74) is 1.71. The first-order valence-corrected chi connectivity index (χ1v) is 5.92. The van der Waals surface area contributed by atoms with Crippen LogP contribution in [0.5, 0.6) is 0 Å². The third kappa shape index (κ3) is 2.69. The van der Waals surface area contributed by atoms with Gasteiger partial charge in [0.15, 0.2) is 0 Å². The van der Waals surface area contributed by atoms with Gasteiger partial charge in [-0.2, -0.15) is 17.7 Å². The van der Waals surface area contributed by atoms with Crippen LogP contribution in [-0.4, -0.2) is 17.4 Å². The first kappa shape index (κ1) is 13.8. The first-order chi connectivity index (χ1) is 7.74. The summed E-state index contributed by atoms with van der Waals surface area (Å²) in [5.74, 6) is 0.654. The maximum absolute atomic E-state index is 12.1. The summed E-state index contributed by atoms with van der Waals surface area (Å²) in [4.78, 5) is 12.1. The van der Waals surface area contributed by atoms with E-state index >= 15 is 0 Å². The Hall–Kier alpha value is -1.29. The highest BCUT2D eigenvalue weighted by Gasteiger charge is 2.33. The molecule has 1 atom stereocenters. The number of hydrogen-bond acceptors (Lipinski definition) is 3. The van der Waals surface area contributed by atoms with Crippen molar-refractivity contribution in [1.29, 1.82) is 0 Å². The van der Waals surface area contributed by atoms with Crippen molar-refractivity contribution >= 4 is 29.9 Å². The average Bonchev–Trinajstić information content (AvgIpc) is 2.59. The monoisotopic (exact) mass is 250 g/mol. The lowest BCUT2D eigenvalue weighted by atomic mass is 10.0. The van der Waals surface area contributed by atoms with Gasteiger partial charge in [0.2, 0.25) is 0 Å². The fraction of sp³-hybridized carbons (Fsp3) is 0.385. The van der Waals surface area contributed by atoms with E-state index in [1.165, 1.54) is 5.01 Å². The third-order valence-electron chi connectivity index (χ3n) is 2.69. The van der Waals surface area contributed by atoms with Gasteiger partial charge in [-0.25, -0.2) is 5.01 Å². The van der Waals surface area contributed by atoms with Crippen LogP contribution < -0.4 is 5.01 Å². The quantitative estimate of drug-likeness (QED) is 0.822. The molecular weight excluding hydrogens is 232 g/mol. The molecule has 4 heteroatoms. The molecule has 1 unspecified atom stereocenters. The van der Waals surface area contributed by atoms with E-state index in [-0.39, 0.29) is 19.3 Å². The third-order valence-corrected chi connectivity index (χ3v) is 2.95. The number of hydrogen-bond donors (Lipinski definition) is 1. The van der Waals surface area contributed by atoms with E-state index in [4.69, 9.17) is 0 Å². The molecule has 1 amide bonds. The maximum Gasteiger partial charge on any atom is 0.256 e. The molecule has 92 valence electrons. The number of hydrazone groups is 1. The van der Waals surface area contributed by atoms with Crippen molar-refractivity contribution in [2.24, 2.45) is 11.0 Å². The summed E-state index contributed by atoms with van der Waals surface area (Å²) in [6.07, 6.45) is 0.751. The van der Waals surface area contributed by atoms with Gasteiger partial charge in [-0.15, -0.1) is 0 Å². The number of carbonyl (C=O) groups excluding carboxylic acids is 1. The molecule has 1 aliphatic rings. The van der Waals surface area contributed by atoms with Crippen LogP contribution in [0.25, 0.3) is 0 Å². The number of nitrogens with zero attached hydrogens (tertiary/aromatic N) is 2. The van der Waals surface area contributed by atoms with Gasteiger partial charge in [-0.1, -0.05) is 25.6 Å². The van der Waals surface area contributed by atoms with Crippen LogP contribution in [0.2, 0.25) is 0 Å². The van der Waals surface area contributed by atoms with Crippen molar-refractivity contribution in [3.05, 3.63) is 30.3 Å². The molecule has 0 saturated heterocycles. The lowest BCUT2D eigenvalue weighted by Crippen LogP contribution is -2.27. The standard InChI is InChI=1S/C12H14N2OS.CH4/c1-9-11(7-8-16)12(15)14(13-9)10-5-3-2-4-6-10;/h2-6,11,16H,7-8H2,1H3;1H4. The van der Waals surface area contributed by atoms with E-state index in [0.717, 1.165) is 17.8 Å². The van der Waals surface area contributed by atoms with Crippen molar-refractivity contribution in [3.63, 3.8) is 0 Å². The van der Waals surface area contributed by atoms with Crippen LogP contribution in [-0.2, 0) is 4.79 Å². The first-order valence-electron chi connectivity index (χ1n) is 5.29. The lowest BCUT2D eigenvalue weighted by molar-refractivity contribution is -0.119. The topological polar surface area (TPSA) is 32.7 Å². The highest BCUT2D eigenvalue weighted by atomic mass is 32.1. The Morgan fingerprint density at radius 1 is 1.35 bits per heavy atom. The van der Waals surface area contributed by atoms with Crippen LogP contribution in [0, 0.1) is 5.92 Å². The largest absolute Gasteiger partial charge is 0.272 e. The van der Waals surface area contributed by atoms with Crippen molar-refractivity contribution < 1.29 is 4.79 Å². The van der Waals surface area contributed by atoms with Crippen LogP contribution in [0.1, 0.15) is 20.8 Å². The van der Waals surface area contributed by atoms with Gasteiger partial charge in [0.25, 0.3) is 5.91 Å². The minimum Gasteiger partial charge on any atom is -0.272 e. The number of thiol groups is 1. The lowest BCUT2D eigenvalue weighted by Gasteiger charge is -2.13. The Morgan fingerprint density at radius 3 is 2.59 bits per heavy atom. The Bertz CT molecular complexity index is 417. The van der Waals surface area contributed by atoms with Gasteiger partial charge in [0.1, 0.15) is 0 Å². The number of benzene rings is 1.